The van der Waals surface area contributed by atoms with Gasteiger partial charge >= 0.3 is 12.1 Å². The van der Waals surface area contributed by atoms with Gasteiger partial charge < -0.3 is 9.80 Å². The molecule has 4 nitrogen and oxygen atoms in total. The van der Waals surface area contributed by atoms with E-state index in [1.807, 2.05) is 4.90 Å². The van der Waals surface area contributed by atoms with Gasteiger partial charge in [0.15, 0.2) is 5.82 Å². The van der Waals surface area contributed by atoms with Crippen molar-refractivity contribution < 1.29 is 22.4 Å². The molecule has 2 aromatic rings. The summed E-state index contributed by atoms with van der Waals surface area (Å²) in [7, 11) is 0. The Morgan fingerprint density at radius 3 is 2.66 bits per heavy atom. The van der Waals surface area contributed by atoms with E-state index < -0.39 is 23.9 Å². The zero-order valence-electron chi connectivity index (χ0n) is 19.7. The largest absolute Gasteiger partial charge is 0.471 e. The molecule has 1 amide bonds. The average molecular weight is 579 g/mol. The second-order valence-corrected chi connectivity index (χ2v) is 10.2. The number of hydrogen-bond donors (Lipinski definition) is 0. The summed E-state index contributed by atoms with van der Waals surface area (Å²) in [6.45, 7) is 4.11. The van der Waals surface area contributed by atoms with Gasteiger partial charge in [0.05, 0.1) is 22.9 Å². The number of alkyl halides is 3. The standard InChI is InChI=1S/C25H29BrClF4N3O/c1-3-6-16(4-2)9-10-18-14-33(24(35)25(29,30)31)15-19-21(27)7-5-8-23(19)34(18)13-17-11-20(26)22(28)12-32-17/h5,7-8,11-12,16,18H,3-4,6,9-10,13-15H2,1-2H3. The second kappa shape index (κ2) is 11.9. The number of fused-ring (bicyclic) bond motifs is 1. The van der Waals surface area contributed by atoms with Gasteiger partial charge in [-0.2, -0.15) is 13.2 Å². The van der Waals surface area contributed by atoms with E-state index in [1.54, 1.807) is 24.3 Å². The van der Waals surface area contributed by atoms with Gasteiger partial charge in [0, 0.05) is 35.4 Å². The maximum absolute atomic E-state index is 13.8. The van der Waals surface area contributed by atoms with Gasteiger partial charge in [-0.25, -0.2) is 4.39 Å². The van der Waals surface area contributed by atoms with E-state index in [-0.39, 0.29) is 24.1 Å². The van der Waals surface area contributed by atoms with E-state index in [9.17, 15) is 22.4 Å². The third kappa shape index (κ3) is 6.88. The molecule has 3 rings (SSSR count). The smallest absolute Gasteiger partial charge is 0.361 e. The molecule has 0 N–H and O–H groups in total. The van der Waals surface area contributed by atoms with E-state index in [1.165, 1.54) is 0 Å². The molecule has 0 spiro atoms. The third-order valence-corrected chi connectivity index (χ3v) is 7.50. The fraction of sp³-hybridized carbons (Fsp3) is 0.520. The first-order valence-corrected chi connectivity index (χ1v) is 12.9. The Morgan fingerprint density at radius 2 is 2.03 bits per heavy atom. The highest BCUT2D eigenvalue weighted by Crippen LogP contribution is 2.37. The topological polar surface area (TPSA) is 36.4 Å². The maximum Gasteiger partial charge on any atom is 0.471 e. The van der Waals surface area contributed by atoms with Crippen molar-refractivity contribution in [2.75, 3.05) is 11.4 Å². The van der Waals surface area contributed by atoms with Gasteiger partial charge in [0.25, 0.3) is 0 Å². The van der Waals surface area contributed by atoms with E-state index in [0.29, 0.717) is 34.3 Å². The van der Waals surface area contributed by atoms with E-state index >= 15 is 0 Å². The number of amides is 1. The molecule has 192 valence electrons. The molecule has 0 fully saturated rings. The molecule has 2 atom stereocenters. The predicted octanol–water partition coefficient (Wildman–Crippen LogP) is 7.52. The minimum absolute atomic E-state index is 0.103. The minimum Gasteiger partial charge on any atom is -0.361 e. The van der Waals surface area contributed by atoms with Crippen molar-refractivity contribution in [3.63, 3.8) is 0 Å². The van der Waals surface area contributed by atoms with E-state index in [4.69, 9.17) is 11.6 Å². The lowest BCUT2D eigenvalue weighted by Crippen LogP contribution is -2.47. The van der Waals surface area contributed by atoms with Crippen LogP contribution in [0.5, 0.6) is 0 Å². The summed E-state index contributed by atoms with van der Waals surface area (Å²) in [5.41, 5.74) is 1.66. The molecule has 2 heterocycles. The summed E-state index contributed by atoms with van der Waals surface area (Å²) in [4.78, 5) is 19.4. The fourth-order valence-electron chi connectivity index (χ4n) is 4.68. The lowest BCUT2D eigenvalue weighted by Gasteiger charge is -2.35. The monoisotopic (exact) mass is 577 g/mol. The molecule has 0 saturated carbocycles. The van der Waals surface area contributed by atoms with Gasteiger partial charge in [0.2, 0.25) is 0 Å². The molecule has 1 aliphatic heterocycles. The van der Waals surface area contributed by atoms with Crippen molar-refractivity contribution in [2.24, 2.45) is 5.92 Å². The van der Waals surface area contributed by atoms with Crippen molar-refractivity contribution in [3.8, 4) is 0 Å². The minimum atomic E-state index is -4.99. The van der Waals surface area contributed by atoms with Gasteiger partial charge in [-0.1, -0.05) is 50.8 Å². The Labute approximate surface area is 216 Å². The lowest BCUT2D eigenvalue weighted by atomic mass is 9.92. The molecule has 1 aliphatic rings. The van der Waals surface area contributed by atoms with E-state index in [0.717, 1.165) is 36.8 Å². The van der Waals surface area contributed by atoms with Crippen molar-refractivity contribution in [1.82, 2.24) is 9.88 Å². The van der Waals surface area contributed by atoms with Gasteiger partial charge in [-0.3, -0.25) is 9.78 Å². The highest BCUT2D eigenvalue weighted by Gasteiger charge is 2.44. The second-order valence-electron chi connectivity index (χ2n) is 8.93. The molecule has 10 heteroatoms. The summed E-state index contributed by atoms with van der Waals surface area (Å²) >= 11 is 9.61. The molecule has 0 aliphatic carbocycles. The van der Waals surface area contributed by atoms with Gasteiger partial charge in [-0.05, 0) is 52.9 Å². The Bertz CT molecular complexity index is 1040. The first kappa shape index (κ1) is 27.7. The molecule has 0 radical (unpaired) electrons. The van der Waals surface area contributed by atoms with Gasteiger partial charge in [0.1, 0.15) is 0 Å². The number of nitrogens with zero attached hydrogens (tertiary/aromatic N) is 3. The molecule has 35 heavy (non-hydrogen) atoms. The average Bonchev–Trinajstić information content (AvgIpc) is 2.96. The quantitative estimate of drug-likeness (QED) is 0.304. The lowest BCUT2D eigenvalue weighted by molar-refractivity contribution is -0.186. The predicted molar refractivity (Wildman–Crippen MR) is 133 cm³/mol. The number of anilines is 1. The molecular weight excluding hydrogens is 550 g/mol. The van der Waals surface area contributed by atoms with Crippen LogP contribution in [0.2, 0.25) is 5.02 Å². The van der Waals surface area contributed by atoms with Crippen molar-refractivity contribution in [2.45, 2.75) is 71.3 Å². The fourth-order valence-corrected chi connectivity index (χ4v) is 5.27. The van der Waals surface area contributed by atoms with Crippen molar-refractivity contribution in [3.05, 3.63) is 57.0 Å². The summed E-state index contributed by atoms with van der Waals surface area (Å²) in [6, 6.07) is 6.31. The zero-order valence-corrected chi connectivity index (χ0v) is 22.1. The van der Waals surface area contributed by atoms with Crippen LogP contribution in [0.15, 0.2) is 34.9 Å². The zero-order chi connectivity index (χ0) is 25.8. The van der Waals surface area contributed by atoms with Crippen LogP contribution in [0.3, 0.4) is 0 Å². The van der Waals surface area contributed by atoms with E-state index in [2.05, 4.69) is 34.8 Å². The summed E-state index contributed by atoms with van der Waals surface area (Å²) in [5, 5.41) is 0.291. The third-order valence-electron chi connectivity index (χ3n) is 6.53. The summed E-state index contributed by atoms with van der Waals surface area (Å²) in [6.07, 6.45) is 0.559. The van der Waals surface area contributed by atoms with Crippen LogP contribution in [0, 0.1) is 11.7 Å². The normalized spacial score (nSPS) is 17.2. The molecule has 1 aromatic carbocycles. The number of pyridine rings is 1. The first-order chi connectivity index (χ1) is 16.5. The van der Waals surface area contributed by atoms with Crippen LogP contribution >= 0.6 is 27.5 Å². The highest BCUT2D eigenvalue weighted by atomic mass is 79.9. The van der Waals surface area contributed by atoms with Crippen molar-refractivity contribution >= 4 is 39.1 Å². The Morgan fingerprint density at radius 1 is 1.29 bits per heavy atom. The SMILES string of the molecule is CCCC(CC)CCC1CN(C(=O)C(F)(F)F)Cc2c(Cl)cccc2N1Cc1cc(Br)c(F)cn1. The highest BCUT2D eigenvalue weighted by molar-refractivity contribution is 9.10. The number of rotatable bonds is 8. The number of aromatic nitrogens is 1. The van der Waals surface area contributed by atoms with Crippen LogP contribution in [0.1, 0.15) is 57.2 Å². The molecule has 0 bridgehead atoms. The van der Waals surface area contributed by atoms with Crippen LogP contribution < -0.4 is 4.90 Å². The van der Waals surface area contributed by atoms with Crippen LogP contribution in [0.4, 0.5) is 23.2 Å². The number of benzene rings is 1. The van der Waals surface area contributed by atoms with Crippen molar-refractivity contribution in [1.29, 1.82) is 0 Å². The first-order valence-electron chi connectivity index (χ1n) is 11.7. The Hall–Kier alpha value is -1.87. The van der Waals surface area contributed by atoms with Crippen LogP contribution in [-0.2, 0) is 17.9 Å². The van der Waals surface area contributed by atoms with Crippen LogP contribution in [0.25, 0.3) is 0 Å². The maximum atomic E-state index is 13.8. The number of halogens is 6. The number of carbonyl (C=O) groups excluding carboxylic acids is 1. The number of hydrogen-bond acceptors (Lipinski definition) is 3. The van der Waals surface area contributed by atoms with Gasteiger partial charge in [-0.15, -0.1) is 0 Å². The Kier molecular flexibility index (Phi) is 9.43. The summed E-state index contributed by atoms with van der Waals surface area (Å²) < 4.78 is 54.5. The Balaban J connectivity index is 2.05. The molecule has 2 unspecified atom stereocenters. The number of carbonyl (C=O) groups is 1. The molecular formula is C25H29BrClF4N3O. The summed E-state index contributed by atoms with van der Waals surface area (Å²) in [5.74, 6) is -1.94. The molecule has 1 aromatic heterocycles. The van der Waals surface area contributed by atoms with Crippen LogP contribution in [-0.4, -0.2) is 34.6 Å². The molecule has 0 saturated heterocycles.